The molecular weight excluding hydrogens is 136 g/mol. The number of rotatable bonds is 1. The molecular formula is C10H20O. The van der Waals surface area contributed by atoms with Gasteiger partial charge in [0.15, 0.2) is 0 Å². The van der Waals surface area contributed by atoms with Crippen LogP contribution in [0.5, 0.6) is 0 Å². The average molecular weight is 156 g/mol. The molecule has 1 aliphatic rings. The summed E-state index contributed by atoms with van der Waals surface area (Å²) < 4.78 is 0. The monoisotopic (exact) mass is 156 g/mol. The number of aliphatic hydroxyl groups is 1. The molecule has 1 fully saturated rings. The van der Waals surface area contributed by atoms with Crippen molar-refractivity contribution >= 4 is 0 Å². The molecule has 0 radical (unpaired) electrons. The van der Waals surface area contributed by atoms with Crippen molar-refractivity contribution in [2.24, 2.45) is 5.92 Å². The topological polar surface area (TPSA) is 20.2 Å². The van der Waals surface area contributed by atoms with Gasteiger partial charge in [-0.1, -0.05) is 25.7 Å². The highest BCUT2D eigenvalue weighted by Crippen LogP contribution is 2.30. The zero-order chi connectivity index (χ0) is 8.32. The Hall–Kier alpha value is -0.0400. The molecule has 11 heavy (non-hydrogen) atoms. The molecule has 1 N–H and O–H groups in total. The highest BCUT2D eigenvalue weighted by atomic mass is 16.3. The van der Waals surface area contributed by atoms with Crippen LogP contribution >= 0.6 is 0 Å². The van der Waals surface area contributed by atoms with Crippen molar-refractivity contribution in [2.75, 3.05) is 0 Å². The van der Waals surface area contributed by atoms with Gasteiger partial charge in [-0.3, -0.25) is 0 Å². The molecule has 1 heteroatoms. The third-order valence-corrected chi connectivity index (χ3v) is 2.85. The summed E-state index contributed by atoms with van der Waals surface area (Å²) in [6.07, 6.45) is 7.81. The molecule has 1 nitrogen and oxygen atoms in total. The third kappa shape index (κ3) is 2.82. The maximum absolute atomic E-state index is 9.77. The fraction of sp³-hybridized carbons (Fsp3) is 1.00. The van der Waals surface area contributed by atoms with Crippen LogP contribution in [0.25, 0.3) is 0 Å². The minimum Gasteiger partial charge on any atom is -0.390 e. The van der Waals surface area contributed by atoms with E-state index in [1.54, 1.807) is 0 Å². The second-order valence-electron chi connectivity index (χ2n) is 4.34. The predicted octanol–water partition coefficient (Wildman–Crippen LogP) is 2.73. The summed E-state index contributed by atoms with van der Waals surface area (Å²) in [6, 6.07) is 0. The maximum Gasteiger partial charge on any atom is 0.0619 e. The molecule has 0 aromatic rings. The summed E-state index contributed by atoms with van der Waals surface area (Å²) in [6.45, 7) is 3.89. The second-order valence-corrected chi connectivity index (χ2v) is 4.34. The minimum atomic E-state index is -0.440. The Balaban J connectivity index is 2.43. The Morgan fingerprint density at radius 2 is 1.45 bits per heavy atom. The lowest BCUT2D eigenvalue weighted by Crippen LogP contribution is -2.30. The Bertz CT molecular complexity index is 105. The average Bonchev–Trinajstić information content (AvgIpc) is 2.10. The molecule has 0 aromatic carbocycles. The van der Waals surface area contributed by atoms with Crippen molar-refractivity contribution in [3.8, 4) is 0 Å². The van der Waals surface area contributed by atoms with Gasteiger partial charge in [-0.2, -0.15) is 0 Å². The lowest BCUT2D eigenvalue weighted by atomic mass is 9.85. The van der Waals surface area contributed by atoms with Gasteiger partial charge in [0.1, 0.15) is 0 Å². The van der Waals surface area contributed by atoms with Crippen molar-refractivity contribution < 1.29 is 5.11 Å². The first kappa shape index (κ1) is 9.05. The van der Waals surface area contributed by atoms with E-state index in [9.17, 15) is 5.11 Å². The lowest BCUT2D eigenvalue weighted by molar-refractivity contribution is 0.0104. The van der Waals surface area contributed by atoms with Crippen LogP contribution < -0.4 is 0 Å². The van der Waals surface area contributed by atoms with Crippen LogP contribution in [-0.4, -0.2) is 10.7 Å². The third-order valence-electron chi connectivity index (χ3n) is 2.85. The molecule has 0 spiro atoms. The van der Waals surface area contributed by atoms with Gasteiger partial charge in [0, 0.05) is 0 Å². The minimum absolute atomic E-state index is 0.440. The fourth-order valence-corrected chi connectivity index (χ4v) is 1.99. The van der Waals surface area contributed by atoms with E-state index in [0.717, 1.165) is 0 Å². The van der Waals surface area contributed by atoms with Crippen LogP contribution in [0.2, 0.25) is 0 Å². The molecule has 0 aromatic heterocycles. The molecule has 66 valence electrons. The van der Waals surface area contributed by atoms with Crippen LogP contribution in [0, 0.1) is 5.92 Å². The molecule has 0 unspecified atom stereocenters. The van der Waals surface area contributed by atoms with Crippen molar-refractivity contribution in [2.45, 2.75) is 58.0 Å². The molecule has 0 heterocycles. The standard InChI is InChI=1S/C10H20O/c1-10(2,11)9-7-5-3-4-6-8-9/h9,11H,3-8H2,1-2H3. The van der Waals surface area contributed by atoms with E-state index < -0.39 is 5.60 Å². The first-order valence-corrected chi connectivity index (χ1v) is 4.83. The van der Waals surface area contributed by atoms with Gasteiger partial charge >= 0.3 is 0 Å². The highest BCUT2D eigenvalue weighted by Gasteiger charge is 2.26. The summed E-state index contributed by atoms with van der Waals surface area (Å²) in [5.41, 5.74) is -0.440. The molecule has 1 saturated carbocycles. The lowest BCUT2D eigenvalue weighted by Gasteiger charge is -2.28. The van der Waals surface area contributed by atoms with E-state index in [4.69, 9.17) is 0 Å². The van der Waals surface area contributed by atoms with Crippen molar-refractivity contribution in [3.63, 3.8) is 0 Å². The second kappa shape index (κ2) is 3.57. The maximum atomic E-state index is 9.77. The van der Waals surface area contributed by atoms with Gasteiger partial charge in [-0.25, -0.2) is 0 Å². The van der Waals surface area contributed by atoms with Crippen molar-refractivity contribution in [1.29, 1.82) is 0 Å². The van der Waals surface area contributed by atoms with Gasteiger partial charge in [0.2, 0.25) is 0 Å². The van der Waals surface area contributed by atoms with Crippen LogP contribution in [-0.2, 0) is 0 Å². The van der Waals surface area contributed by atoms with Crippen LogP contribution in [0.15, 0.2) is 0 Å². The van der Waals surface area contributed by atoms with E-state index in [1.165, 1.54) is 38.5 Å². The SMILES string of the molecule is CC(C)(O)C1CCCCCC1. The number of hydrogen-bond acceptors (Lipinski definition) is 1. The number of hydrogen-bond donors (Lipinski definition) is 1. The van der Waals surface area contributed by atoms with Gasteiger partial charge in [0.25, 0.3) is 0 Å². The zero-order valence-corrected chi connectivity index (χ0v) is 7.77. The van der Waals surface area contributed by atoms with E-state index in [-0.39, 0.29) is 0 Å². The first-order chi connectivity index (χ1) is 5.11. The van der Waals surface area contributed by atoms with Crippen molar-refractivity contribution in [3.05, 3.63) is 0 Å². The predicted molar refractivity (Wildman–Crippen MR) is 47.5 cm³/mol. The Kier molecular flexibility index (Phi) is 2.94. The molecule has 0 aliphatic heterocycles. The first-order valence-electron chi connectivity index (χ1n) is 4.83. The van der Waals surface area contributed by atoms with Crippen LogP contribution in [0.1, 0.15) is 52.4 Å². The van der Waals surface area contributed by atoms with E-state index in [2.05, 4.69) is 0 Å². The van der Waals surface area contributed by atoms with Crippen molar-refractivity contribution in [1.82, 2.24) is 0 Å². The van der Waals surface area contributed by atoms with E-state index >= 15 is 0 Å². The zero-order valence-electron chi connectivity index (χ0n) is 7.77. The largest absolute Gasteiger partial charge is 0.390 e. The fourth-order valence-electron chi connectivity index (χ4n) is 1.99. The Morgan fingerprint density at radius 3 is 1.82 bits per heavy atom. The summed E-state index contributed by atoms with van der Waals surface area (Å²) >= 11 is 0. The van der Waals surface area contributed by atoms with Gasteiger partial charge in [-0.05, 0) is 32.6 Å². The molecule has 0 saturated heterocycles. The summed E-state index contributed by atoms with van der Waals surface area (Å²) in [4.78, 5) is 0. The van der Waals surface area contributed by atoms with Gasteiger partial charge < -0.3 is 5.11 Å². The summed E-state index contributed by atoms with van der Waals surface area (Å²) in [7, 11) is 0. The molecule has 1 rings (SSSR count). The molecule has 0 amide bonds. The molecule has 0 bridgehead atoms. The molecule has 1 aliphatic carbocycles. The van der Waals surface area contributed by atoms with E-state index in [1.807, 2.05) is 13.8 Å². The van der Waals surface area contributed by atoms with Gasteiger partial charge in [-0.15, -0.1) is 0 Å². The Labute approximate surface area is 69.8 Å². The summed E-state index contributed by atoms with van der Waals surface area (Å²) in [5.74, 6) is 0.546. The van der Waals surface area contributed by atoms with E-state index in [0.29, 0.717) is 5.92 Å². The smallest absolute Gasteiger partial charge is 0.0619 e. The normalized spacial score (nSPS) is 23.2. The quantitative estimate of drug-likeness (QED) is 0.579. The van der Waals surface area contributed by atoms with Crippen LogP contribution in [0.3, 0.4) is 0 Å². The molecule has 0 atom stereocenters. The summed E-state index contributed by atoms with van der Waals surface area (Å²) in [5, 5.41) is 9.77. The Morgan fingerprint density at radius 1 is 1.00 bits per heavy atom. The van der Waals surface area contributed by atoms with Crippen LogP contribution in [0.4, 0.5) is 0 Å². The highest BCUT2D eigenvalue weighted by molar-refractivity contribution is 4.78. The van der Waals surface area contributed by atoms with Gasteiger partial charge in [0.05, 0.1) is 5.60 Å².